The quantitative estimate of drug-likeness (QED) is 0.169. The van der Waals surface area contributed by atoms with Crippen molar-refractivity contribution in [3.63, 3.8) is 0 Å². The number of nitrogens with zero attached hydrogens (tertiary/aromatic N) is 3. The van der Waals surface area contributed by atoms with E-state index in [4.69, 9.17) is 9.97 Å². The van der Waals surface area contributed by atoms with Gasteiger partial charge in [0, 0.05) is 49.2 Å². The van der Waals surface area contributed by atoms with E-state index in [9.17, 15) is 0 Å². The molecule has 0 amide bonds. The summed E-state index contributed by atoms with van der Waals surface area (Å²) in [4.78, 5) is 10.7. The summed E-state index contributed by atoms with van der Waals surface area (Å²) < 4.78 is 2.47. The lowest BCUT2D eigenvalue weighted by molar-refractivity contribution is 0.644. The topological polar surface area (TPSA) is 30.7 Å². The van der Waals surface area contributed by atoms with Gasteiger partial charge in [0.25, 0.3) is 0 Å². The lowest BCUT2D eigenvalue weighted by Crippen LogP contribution is -2.24. The van der Waals surface area contributed by atoms with Crippen LogP contribution in [0.1, 0.15) is 25.0 Å². The van der Waals surface area contributed by atoms with Crippen molar-refractivity contribution >= 4 is 75.8 Å². The zero-order valence-corrected chi connectivity index (χ0v) is 29.9. The molecule has 2 aromatic heterocycles. The van der Waals surface area contributed by atoms with E-state index >= 15 is 0 Å². The first-order valence-electron chi connectivity index (χ1n) is 18.8. The van der Waals surface area contributed by atoms with Crippen molar-refractivity contribution in [1.82, 2.24) is 14.5 Å². The molecule has 3 heteroatoms. The fourth-order valence-corrected chi connectivity index (χ4v) is 9.80. The molecule has 1 aliphatic rings. The minimum atomic E-state index is -0.144. The molecule has 2 heterocycles. The van der Waals surface area contributed by atoms with E-state index in [-0.39, 0.29) is 5.41 Å². The van der Waals surface area contributed by atoms with E-state index < -0.39 is 0 Å². The van der Waals surface area contributed by atoms with Gasteiger partial charge in [-0.3, -0.25) is 0 Å². The highest BCUT2D eigenvalue weighted by atomic mass is 15.0. The Morgan fingerprint density at radius 2 is 1.04 bits per heavy atom. The Balaban J connectivity index is 1.19. The van der Waals surface area contributed by atoms with Crippen LogP contribution in [0.15, 0.2) is 164 Å². The lowest BCUT2D eigenvalue weighted by Gasteiger charge is -2.34. The van der Waals surface area contributed by atoms with Gasteiger partial charge in [0.2, 0.25) is 0 Å². The van der Waals surface area contributed by atoms with Gasteiger partial charge in [-0.2, -0.15) is 0 Å². The maximum atomic E-state index is 5.39. The predicted molar refractivity (Wildman–Crippen MR) is 227 cm³/mol. The van der Waals surface area contributed by atoms with E-state index in [1.807, 2.05) is 0 Å². The summed E-state index contributed by atoms with van der Waals surface area (Å²) >= 11 is 0. The second-order valence-corrected chi connectivity index (χ2v) is 15.3. The van der Waals surface area contributed by atoms with E-state index in [2.05, 4.69) is 182 Å². The Morgan fingerprint density at radius 1 is 0.444 bits per heavy atom. The van der Waals surface area contributed by atoms with E-state index in [1.165, 1.54) is 81.6 Å². The number of benzene rings is 9. The number of hydrogen-bond donors (Lipinski definition) is 0. The summed E-state index contributed by atoms with van der Waals surface area (Å²) in [5.74, 6) is 0.736. The van der Waals surface area contributed by atoms with Crippen LogP contribution in [0.2, 0.25) is 0 Å². The van der Waals surface area contributed by atoms with Crippen LogP contribution < -0.4 is 0 Å². The molecule has 54 heavy (non-hydrogen) atoms. The Labute approximate surface area is 311 Å². The third-order valence-electron chi connectivity index (χ3n) is 12.1. The third-order valence-corrected chi connectivity index (χ3v) is 12.1. The van der Waals surface area contributed by atoms with Crippen molar-refractivity contribution in [2.24, 2.45) is 0 Å². The van der Waals surface area contributed by atoms with Gasteiger partial charge in [-0.05, 0) is 67.7 Å². The highest BCUT2D eigenvalue weighted by molar-refractivity contribution is 6.42. The standard InChI is InChI=1S/C51H33N3/c1-51(2)40-25-11-9-23-38(40)48-47-41(51)26-14-27-42(47)52-50(53-48)30-15-13-16-31(29-30)54-43-28-12-10-24-39(43)46-45-35-20-6-4-18-33(35)32-17-3-5-19-34(32)44(45)36-21-7-8-22-37(36)49(46)54/h3-29H,1-2H3. The SMILES string of the molecule is CC1(C)c2ccccc2-c2nc(-c3cccc(-n4c5ccccc5c5c6c7ccccc7c7ccccc7c6c6ccccc6c54)c3)nc3cccc1c23. The number of rotatable bonds is 2. The van der Waals surface area contributed by atoms with E-state index in [0.29, 0.717) is 0 Å². The molecule has 0 aliphatic heterocycles. The molecule has 9 aromatic carbocycles. The highest BCUT2D eigenvalue weighted by Gasteiger charge is 2.34. The molecule has 252 valence electrons. The van der Waals surface area contributed by atoms with Crippen LogP contribution in [0.3, 0.4) is 0 Å². The molecule has 0 fully saturated rings. The van der Waals surface area contributed by atoms with Gasteiger partial charge in [0.15, 0.2) is 5.82 Å². The van der Waals surface area contributed by atoms with Crippen molar-refractivity contribution in [1.29, 1.82) is 0 Å². The number of para-hydroxylation sites is 1. The average Bonchev–Trinajstić information content (AvgIpc) is 3.58. The van der Waals surface area contributed by atoms with Crippen LogP contribution in [0.4, 0.5) is 0 Å². The Kier molecular flexibility index (Phi) is 5.84. The second-order valence-electron chi connectivity index (χ2n) is 15.3. The van der Waals surface area contributed by atoms with Crippen LogP contribution in [0.25, 0.3) is 104 Å². The Morgan fingerprint density at radius 3 is 1.81 bits per heavy atom. The van der Waals surface area contributed by atoms with Crippen LogP contribution in [-0.4, -0.2) is 14.5 Å². The fourth-order valence-electron chi connectivity index (χ4n) is 9.80. The summed E-state index contributed by atoms with van der Waals surface area (Å²) in [5.41, 5.74) is 10.1. The maximum absolute atomic E-state index is 5.39. The van der Waals surface area contributed by atoms with Gasteiger partial charge in [-0.1, -0.05) is 153 Å². The highest BCUT2D eigenvalue weighted by Crippen LogP contribution is 2.49. The summed E-state index contributed by atoms with van der Waals surface area (Å²) in [5, 5.41) is 13.9. The van der Waals surface area contributed by atoms with Crippen LogP contribution in [0.5, 0.6) is 0 Å². The van der Waals surface area contributed by atoms with Gasteiger partial charge < -0.3 is 4.57 Å². The summed E-state index contributed by atoms with van der Waals surface area (Å²) in [7, 11) is 0. The van der Waals surface area contributed by atoms with Gasteiger partial charge in [-0.25, -0.2) is 9.97 Å². The van der Waals surface area contributed by atoms with Crippen LogP contribution >= 0.6 is 0 Å². The van der Waals surface area contributed by atoms with Gasteiger partial charge in [-0.15, -0.1) is 0 Å². The van der Waals surface area contributed by atoms with Crippen molar-refractivity contribution in [3.8, 4) is 28.3 Å². The molecule has 12 rings (SSSR count). The molecule has 0 spiro atoms. The van der Waals surface area contributed by atoms with Crippen LogP contribution in [-0.2, 0) is 5.41 Å². The number of hydrogen-bond acceptors (Lipinski definition) is 2. The van der Waals surface area contributed by atoms with Crippen molar-refractivity contribution in [2.45, 2.75) is 19.3 Å². The predicted octanol–water partition coefficient (Wildman–Crippen LogP) is 13.3. The minimum Gasteiger partial charge on any atom is -0.309 e. The molecule has 0 bridgehead atoms. The summed E-state index contributed by atoms with van der Waals surface area (Å²) in [6, 6.07) is 59.8. The molecule has 1 aliphatic carbocycles. The maximum Gasteiger partial charge on any atom is 0.160 e. The minimum absolute atomic E-state index is 0.144. The van der Waals surface area contributed by atoms with Crippen molar-refractivity contribution in [2.75, 3.05) is 0 Å². The zero-order valence-electron chi connectivity index (χ0n) is 29.9. The molecular weight excluding hydrogens is 655 g/mol. The van der Waals surface area contributed by atoms with Gasteiger partial charge in [0.1, 0.15) is 0 Å². The van der Waals surface area contributed by atoms with E-state index in [0.717, 1.165) is 33.7 Å². The monoisotopic (exact) mass is 687 g/mol. The van der Waals surface area contributed by atoms with Crippen molar-refractivity contribution < 1.29 is 0 Å². The number of aromatic nitrogens is 3. The Bertz CT molecular complexity index is 3420. The molecule has 0 saturated carbocycles. The first kappa shape index (κ1) is 29.7. The van der Waals surface area contributed by atoms with E-state index in [1.54, 1.807) is 0 Å². The summed E-state index contributed by atoms with van der Waals surface area (Å²) in [6.45, 7) is 4.62. The molecule has 11 aromatic rings. The largest absolute Gasteiger partial charge is 0.309 e. The molecule has 0 unspecified atom stereocenters. The molecule has 3 nitrogen and oxygen atoms in total. The lowest BCUT2D eigenvalue weighted by atomic mass is 9.70. The molecule has 0 N–H and O–H groups in total. The normalized spacial score (nSPS) is 13.5. The molecule has 0 radical (unpaired) electrons. The smallest absolute Gasteiger partial charge is 0.160 e. The molecule has 0 saturated heterocycles. The first-order chi connectivity index (χ1) is 26.6. The number of fused-ring (bicyclic) bond motifs is 15. The first-order valence-corrected chi connectivity index (χ1v) is 18.8. The molecule has 0 atom stereocenters. The Hall–Kier alpha value is -6.84. The molecular formula is C51H33N3. The third kappa shape index (κ3) is 3.80. The second kappa shape index (κ2) is 10.6. The van der Waals surface area contributed by atoms with Gasteiger partial charge >= 0.3 is 0 Å². The fraction of sp³-hybridized carbons (Fsp3) is 0.0588. The summed E-state index contributed by atoms with van der Waals surface area (Å²) in [6.07, 6.45) is 0. The van der Waals surface area contributed by atoms with Gasteiger partial charge in [0.05, 0.1) is 22.2 Å². The zero-order chi connectivity index (χ0) is 35.7. The van der Waals surface area contributed by atoms with Crippen molar-refractivity contribution in [3.05, 3.63) is 175 Å². The van der Waals surface area contributed by atoms with Crippen LogP contribution in [0, 0.1) is 0 Å². The average molecular weight is 688 g/mol.